The third-order valence-electron chi connectivity index (χ3n) is 3.39. The number of aryl methyl sites for hydroxylation is 1. The van der Waals surface area contributed by atoms with Gasteiger partial charge in [0, 0.05) is 29.9 Å². The molecule has 5 nitrogen and oxygen atoms in total. The van der Waals surface area contributed by atoms with Crippen molar-refractivity contribution in [3.8, 4) is 0 Å². The van der Waals surface area contributed by atoms with E-state index in [1.165, 1.54) is 5.56 Å². The second-order valence-electron chi connectivity index (χ2n) is 4.93. The molecule has 0 amide bonds. The molecular formula is C16H17N5. The Morgan fingerprint density at radius 3 is 2.90 bits per heavy atom. The van der Waals surface area contributed by atoms with Gasteiger partial charge in [-0.15, -0.1) is 0 Å². The maximum atomic E-state index is 5.61. The predicted octanol–water partition coefficient (Wildman–Crippen LogP) is 2.57. The first-order valence-corrected chi connectivity index (χ1v) is 6.89. The molecule has 1 aromatic carbocycles. The number of hydrogen-bond donors (Lipinski definition) is 2. The van der Waals surface area contributed by atoms with Crippen LogP contribution in [0.2, 0.25) is 0 Å². The lowest BCUT2D eigenvalue weighted by Crippen LogP contribution is -2.09. The van der Waals surface area contributed by atoms with E-state index in [0.717, 1.165) is 35.2 Å². The minimum absolute atomic E-state index is 0.287. The summed E-state index contributed by atoms with van der Waals surface area (Å²) in [5.41, 5.74) is 8.88. The SMILES string of the molecule is Cc1cnc(N)nc1NCCc1cccc2cccnc12. The summed E-state index contributed by atoms with van der Waals surface area (Å²) >= 11 is 0. The summed E-state index contributed by atoms with van der Waals surface area (Å²) in [7, 11) is 0. The first-order valence-electron chi connectivity index (χ1n) is 6.89. The van der Waals surface area contributed by atoms with Crippen LogP contribution in [0.4, 0.5) is 11.8 Å². The second kappa shape index (κ2) is 5.75. The van der Waals surface area contributed by atoms with Crippen molar-refractivity contribution in [1.82, 2.24) is 15.0 Å². The average molecular weight is 279 g/mol. The van der Waals surface area contributed by atoms with Crippen molar-refractivity contribution in [2.75, 3.05) is 17.6 Å². The highest BCUT2D eigenvalue weighted by Gasteiger charge is 2.04. The Balaban J connectivity index is 1.74. The molecule has 106 valence electrons. The molecule has 3 N–H and O–H groups in total. The molecule has 3 aromatic rings. The zero-order valence-corrected chi connectivity index (χ0v) is 11.9. The number of fused-ring (bicyclic) bond motifs is 1. The van der Waals surface area contributed by atoms with E-state index in [1.54, 1.807) is 6.20 Å². The molecule has 2 heterocycles. The molecule has 0 unspecified atom stereocenters. The van der Waals surface area contributed by atoms with E-state index < -0.39 is 0 Å². The van der Waals surface area contributed by atoms with Crippen LogP contribution in [0, 0.1) is 6.92 Å². The van der Waals surface area contributed by atoms with Gasteiger partial charge in [0.25, 0.3) is 0 Å². The lowest BCUT2D eigenvalue weighted by molar-refractivity contribution is 0.998. The highest BCUT2D eigenvalue weighted by atomic mass is 15.1. The van der Waals surface area contributed by atoms with Crippen LogP contribution in [0.1, 0.15) is 11.1 Å². The van der Waals surface area contributed by atoms with Crippen molar-refractivity contribution < 1.29 is 0 Å². The third kappa shape index (κ3) is 2.91. The maximum absolute atomic E-state index is 5.61. The van der Waals surface area contributed by atoms with Gasteiger partial charge in [0.15, 0.2) is 0 Å². The van der Waals surface area contributed by atoms with Crippen LogP contribution < -0.4 is 11.1 Å². The predicted molar refractivity (Wildman–Crippen MR) is 85.1 cm³/mol. The zero-order valence-electron chi connectivity index (χ0n) is 11.9. The van der Waals surface area contributed by atoms with E-state index in [9.17, 15) is 0 Å². The molecule has 0 saturated heterocycles. The number of pyridine rings is 1. The minimum Gasteiger partial charge on any atom is -0.369 e. The number of nitrogens with one attached hydrogen (secondary N) is 1. The standard InChI is InChI=1S/C16H17N5/c1-11-10-20-16(17)21-15(11)19-9-7-13-5-2-4-12-6-3-8-18-14(12)13/h2-6,8,10H,7,9H2,1H3,(H3,17,19,20,21). The largest absolute Gasteiger partial charge is 0.369 e. The summed E-state index contributed by atoms with van der Waals surface area (Å²) < 4.78 is 0. The van der Waals surface area contributed by atoms with E-state index in [1.807, 2.05) is 19.2 Å². The van der Waals surface area contributed by atoms with Crippen LogP contribution in [0.15, 0.2) is 42.7 Å². The van der Waals surface area contributed by atoms with Gasteiger partial charge in [0.1, 0.15) is 5.82 Å². The lowest BCUT2D eigenvalue weighted by atomic mass is 10.1. The molecule has 0 atom stereocenters. The maximum Gasteiger partial charge on any atom is 0.221 e. The molecule has 0 bridgehead atoms. The van der Waals surface area contributed by atoms with Gasteiger partial charge in [0.05, 0.1) is 5.52 Å². The van der Waals surface area contributed by atoms with E-state index in [2.05, 4.69) is 44.5 Å². The van der Waals surface area contributed by atoms with Crippen LogP contribution in [0.3, 0.4) is 0 Å². The molecule has 0 aliphatic carbocycles. The number of hydrogen-bond acceptors (Lipinski definition) is 5. The molecule has 2 aromatic heterocycles. The summed E-state index contributed by atoms with van der Waals surface area (Å²) in [5, 5.41) is 4.47. The zero-order chi connectivity index (χ0) is 14.7. The molecule has 21 heavy (non-hydrogen) atoms. The Hall–Kier alpha value is -2.69. The summed E-state index contributed by atoms with van der Waals surface area (Å²) in [6.07, 6.45) is 4.43. The van der Waals surface area contributed by atoms with Gasteiger partial charge in [-0.25, -0.2) is 4.98 Å². The van der Waals surface area contributed by atoms with E-state index in [0.29, 0.717) is 0 Å². The fourth-order valence-corrected chi connectivity index (χ4v) is 2.32. The fraction of sp³-hybridized carbons (Fsp3) is 0.188. The quantitative estimate of drug-likeness (QED) is 0.767. The van der Waals surface area contributed by atoms with E-state index in [-0.39, 0.29) is 5.95 Å². The number of nitrogens with zero attached hydrogens (tertiary/aromatic N) is 3. The van der Waals surface area contributed by atoms with E-state index in [4.69, 9.17) is 5.73 Å². The van der Waals surface area contributed by atoms with Gasteiger partial charge in [-0.1, -0.05) is 24.3 Å². The number of nitrogen functional groups attached to an aromatic ring is 1. The molecule has 3 rings (SSSR count). The van der Waals surface area contributed by atoms with Gasteiger partial charge >= 0.3 is 0 Å². The molecular weight excluding hydrogens is 262 g/mol. The Labute approximate surface area is 123 Å². The number of nitrogens with two attached hydrogens (primary N) is 1. The van der Waals surface area contributed by atoms with Crippen LogP contribution >= 0.6 is 0 Å². The molecule has 5 heteroatoms. The number of rotatable bonds is 4. The van der Waals surface area contributed by atoms with Crippen LogP contribution in [0.5, 0.6) is 0 Å². The van der Waals surface area contributed by atoms with Gasteiger partial charge < -0.3 is 11.1 Å². The Bertz CT molecular complexity index is 764. The number of para-hydroxylation sites is 1. The van der Waals surface area contributed by atoms with Gasteiger partial charge in [-0.2, -0.15) is 4.98 Å². The summed E-state index contributed by atoms with van der Waals surface area (Å²) in [5.74, 6) is 1.07. The minimum atomic E-state index is 0.287. The normalized spacial score (nSPS) is 10.7. The summed E-state index contributed by atoms with van der Waals surface area (Å²) in [6, 6.07) is 10.3. The van der Waals surface area contributed by atoms with Gasteiger partial charge in [0.2, 0.25) is 5.95 Å². The van der Waals surface area contributed by atoms with Crippen LogP contribution in [-0.2, 0) is 6.42 Å². The van der Waals surface area contributed by atoms with Crippen molar-refractivity contribution in [1.29, 1.82) is 0 Å². The van der Waals surface area contributed by atoms with Crippen molar-refractivity contribution >= 4 is 22.7 Å². The van der Waals surface area contributed by atoms with Crippen molar-refractivity contribution in [3.05, 3.63) is 53.9 Å². The lowest BCUT2D eigenvalue weighted by Gasteiger charge is -2.09. The van der Waals surface area contributed by atoms with E-state index >= 15 is 0 Å². The average Bonchev–Trinajstić information content (AvgIpc) is 2.51. The number of benzene rings is 1. The van der Waals surface area contributed by atoms with Crippen LogP contribution in [-0.4, -0.2) is 21.5 Å². The smallest absolute Gasteiger partial charge is 0.221 e. The van der Waals surface area contributed by atoms with Crippen molar-refractivity contribution in [3.63, 3.8) is 0 Å². The Kier molecular flexibility index (Phi) is 3.64. The number of anilines is 2. The molecule has 0 aliphatic heterocycles. The topological polar surface area (TPSA) is 76.7 Å². The molecule has 0 spiro atoms. The first-order chi connectivity index (χ1) is 10.2. The number of aromatic nitrogens is 3. The molecule has 0 radical (unpaired) electrons. The summed E-state index contributed by atoms with van der Waals surface area (Å²) in [4.78, 5) is 12.6. The van der Waals surface area contributed by atoms with Crippen molar-refractivity contribution in [2.45, 2.75) is 13.3 Å². The monoisotopic (exact) mass is 279 g/mol. The third-order valence-corrected chi connectivity index (χ3v) is 3.39. The molecule has 0 aliphatic rings. The fourth-order valence-electron chi connectivity index (χ4n) is 2.32. The summed E-state index contributed by atoms with van der Waals surface area (Å²) in [6.45, 7) is 2.73. The van der Waals surface area contributed by atoms with Crippen LogP contribution in [0.25, 0.3) is 10.9 Å². The van der Waals surface area contributed by atoms with Gasteiger partial charge in [-0.05, 0) is 25.0 Å². The Morgan fingerprint density at radius 1 is 1.14 bits per heavy atom. The Morgan fingerprint density at radius 2 is 2.00 bits per heavy atom. The second-order valence-corrected chi connectivity index (χ2v) is 4.93. The van der Waals surface area contributed by atoms with Gasteiger partial charge in [-0.3, -0.25) is 4.98 Å². The molecule has 0 fully saturated rings. The van der Waals surface area contributed by atoms with Crippen molar-refractivity contribution in [2.24, 2.45) is 0 Å². The highest BCUT2D eigenvalue weighted by Crippen LogP contribution is 2.17. The highest BCUT2D eigenvalue weighted by molar-refractivity contribution is 5.81. The molecule has 0 saturated carbocycles. The first kappa shape index (κ1) is 13.3.